The molecule has 0 atom stereocenters. The molecule has 0 bridgehead atoms. The molecule has 0 amide bonds. The molecule has 2 rings (SSSR count). The lowest BCUT2D eigenvalue weighted by molar-refractivity contribution is 0.0712. The summed E-state index contributed by atoms with van der Waals surface area (Å²) in [6.07, 6.45) is 3.54. The zero-order valence-electron chi connectivity index (χ0n) is 13.5. The van der Waals surface area contributed by atoms with Crippen molar-refractivity contribution in [3.8, 4) is 0 Å². The Morgan fingerprint density at radius 3 is 2.19 bits per heavy atom. The van der Waals surface area contributed by atoms with E-state index < -0.39 is 5.60 Å². The molecule has 1 N–H and O–H groups in total. The van der Waals surface area contributed by atoms with Crippen molar-refractivity contribution >= 4 is 5.57 Å². The second-order valence-electron chi connectivity index (χ2n) is 6.82. The van der Waals surface area contributed by atoms with Gasteiger partial charge in [-0.05, 0) is 76.6 Å². The molecule has 0 fully saturated rings. The molecule has 0 radical (unpaired) electrons. The van der Waals surface area contributed by atoms with E-state index in [0.29, 0.717) is 0 Å². The Balaban J connectivity index is 2.31. The lowest BCUT2D eigenvalue weighted by atomic mass is 9.81. The summed E-state index contributed by atoms with van der Waals surface area (Å²) in [6, 6.07) is 6.78. The van der Waals surface area contributed by atoms with E-state index in [2.05, 4.69) is 13.8 Å². The normalized spacial score (nSPS) is 16.7. The average molecular weight is 288 g/mol. The summed E-state index contributed by atoms with van der Waals surface area (Å²) in [5, 5.41) is 9.98. The van der Waals surface area contributed by atoms with E-state index in [9.17, 15) is 9.50 Å². The molecule has 1 nitrogen and oxygen atoms in total. The third-order valence-corrected chi connectivity index (χ3v) is 4.31. The lowest BCUT2D eigenvalue weighted by Gasteiger charge is -2.26. The van der Waals surface area contributed by atoms with Gasteiger partial charge in [0.2, 0.25) is 0 Å². The third-order valence-electron chi connectivity index (χ3n) is 4.31. The minimum Gasteiger partial charge on any atom is -0.390 e. The second kappa shape index (κ2) is 6.15. The maximum Gasteiger partial charge on any atom is 0.123 e. The smallest absolute Gasteiger partial charge is 0.123 e. The molecule has 2 heteroatoms. The Hall–Kier alpha value is -1.41. The molecule has 1 aliphatic rings. The van der Waals surface area contributed by atoms with Crippen LogP contribution in [-0.2, 0) is 0 Å². The molecular weight excluding hydrogens is 263 g/mol. The lowest BCUT2D eigenvalue weighted by Crippen LogP contribution is -2.18. The fourth-order valence-electron chi connectivity index (χ4n) is 2.77. The van der Waals surface area contributed by atoms with E-state index in [1.807, 2.05) is 26.0 Å². The van der Waals surface area contributed by atoms with Crippen molar-refractivity contribution in [3.05, 3.63) is 52.4 Å². The van der Waals surface area contributed by atoms with Crippen LogP contribution in [0.2, 0.25) is 0 Å². The Kier molecular flexibility index (Phi) is 4.67. The third kappa shape index (κ3) is 4.28. The molecule has 0 heterocycles. The SMILES string of the molecule is CC1=C(C)CC(c2ccc(F)cc2)=C(CCC(C)(C)O)C1. The highest BCUT2D eigenvalue weighted by Crippen LogP contribution is 2.38. The number of halogens is 1. The molecule has 0 aliphatic heterocycles. The van der Waals surface area contributed by atoms with Crippen molar-refractivity contribution < 1.29 is 9.50 Å². The van der Waals surface area contributed by atoms with Crippen LogP contribution in [0, 0.1) is 5.82 Å². The van der Waals surface area contributed by atoms with Crippen molar-refractivity contribution in [1.29, 1.82) is 0 Å². The number of hydrogen-bond acceptors (Lipinski definition) is 1. The Morgan fingerprint density at radius 1 is 1.05 bits per heavy atom. The van der Waals surface area contributed by atoms with E-state index in [1.54, 1.807) is 0 Å². The Morgan fingerprint density at radius 2 is 1.62 bits per heavy atom. The predicted octanol–water partition coefficient (Wildman–Crippen LogP) is 5.26. The van der Waals surface area contributed by atoms with Crippen LogP contribution in [0.3, 0.4) is 0 Å². The molecule has 1 aromatic rings. The Bertz CT molecular complexity index is 571. The van der Waals surface area contributed by atoms with Gasteiger partial charge in [-0.15, -0.1) is 0 Å². The fraction of sp³-hybridized carbons (Fsp3) is 0.474. The van der Waals surface area contributed by atoms with Gasteiger partial charge in [-0.3, -0.25) is 0 Å². The minimum absolute atomic E-state index is 0.198. The highest BCUT2D eigenvalue weighted by atomic mass is 19.1. The molecule has 114 valence electrons. The molecular formula is C19H25FO. The van der Waals surface area contributed by atoms with Crippen LogP contribution >= 0.6 is 0 Å². The van der Waals surface area contributed by atoms with Crippen LogP contribution in [-0.4, -0.2) is 10.7 Å². The first kappa shape index (κ1) is 16.0. The van der Waals surface area contributed by atoms with E-state index in [1.165, 1.54) is 34.4 Å². The largest absolute Gasteiger partial charge is 0.390 e. The first-order chi connectivity index (χ1) is 9.76. The number of aliphatic hydroxyl groups is 1. The van der Waals surface area contributed by atoms with E-state index >= 15 is 0 Å². The monoisotopic (exact) mass is 288 g/mol. The molecule has 0 unspecified atom stereocenters. The van der Waals surface area contributed by atoms with Gasteiger partial charge in [0.05, 0.1) is 5.60 Å². The van der Waals surface area contributed by atoms with Crippen molar-refractivity contribution in [2.75, 3.05) is 0 Å². The van der Waals surface area contributed by atoms with Gasteiger partial charge in [-0.2, -0.15) is 0 Å². The first-order valence-corrected chi connectivity index (χ1v) is 7.61. The number of hydrogen-bond donors (Lipinski definition) is 1. The van der Waals surface area contributed by atoms with Crippen LogP contribution in [0.15, 0.2) is 41.0 Å². The minimum atomic E-state index is -0.648. The summed E-state index contributed by atoms with van der Waals surface area (Å²) in [5.74, 6) is -0.198. The maximum atomic E-state index is 13.1. The topological polar surface area (TPSA) is 20.2 Å². The van der Waals surface area contributed by atoms with Crippen LogP contribution in [0.1, 0.15) is 58.9 Å². The summed E-state index contributed by atoms with van der Waals surface area (Å²) < 4.78 is 13.1. The van der Waals surface area contributed by atoms with Gasteiger partial charge in [0.1, 0.15) is 5.82 Å². The Labute approximate surface area is 127 Å². The standard InChI is InChI=1S/C19H25FO/c1-13-11-16(9-10-19(3,4)21)18(12-14(13)2)15-5-7-17(20)8-6-15/h5-8,21H,9-12H2,1-4H3. The summed E-state index contributed by atoms with van der Waals surface area (Å²) in [7, 11) is 0. The molecule has 0 saturated heterocycles. The molecule has 21 heavy (non-hydrogen) atoms. The molecule has 1 aromatic carbocycles. The van der Waals surface area contributed by atoms with E-state index in [0.717, 1.165) is 31.2 Å². The first-order valence-electron chi connectivity index (χ1n) is 7.61. The van der Waals surface area contributed by atoms with Crippen molar-refractivity contribution in [2.24, 2.45) is 0 Å². The van der Waals surface area contributed by atoms with Gasteiger partial charge in [-0.25, -0.2) is 4.39 Å². The van der Waals surface area contributed by atoms with E-state index in [4.69, 9.17) is 0 Å². The summed E-state index contributed by atoms with van der Waals surface area (Å²) in [4.78, 5) is 0. The van der Waals surface area contributed by atoms with Gasteiger partial charge in [0.15, 0.2) is 0 Å². The number of benzene rings is 1. The highest BCUT2D eigenvalue weighted by Gasteiger charge is 2.20. The van der Waals surface area contributed by atoms with Gasteiger partial charge in [0, 0.05) is 0 Å². The highest BCUT2D eigenvalue weighted by molar-refractivity contribution is 5.72. The van der Waals surface area contributed by atoms with Gasteiger partial charge < -0.3 is 5.11 Å². The van der Waals surface area contributed by atoms with Gasteiger partial charge in [-0.1, -0.05) is 28.9 Å². The fourth-order valence-corrected chi connectivity index (χ4v) is 2.77. The molecule has 0 aromatic heterocycles. The van der Waals surface area contributed by atoms with Crippen LogP contribution in [0.5, 0.6) is 0 Å². The maximum absolute atomic E-state index is 13.1. The van der Waals surface area contributed by atoms with Crippen LogP contribution in [0.25, 0.3) is 5.57 Å². The predicted molar refractivity (Wildman–Crippen MR) is 86.5 cm³/mol. The second-order valence-corrected chi connectivity index (χ2v) is 6.82. The molecule has 1 aliphatic carbocycles. The van der Waals surface area contributed by atoms with Crippen LogP contribution < -0.4 is 0 Å². The molecule has 0 spiro atoms. The average Bonchev–Trinajstić information content (AvgIpc) is 2.40. The summed E-state index contributed by atoms with van der Waals surface area (Å²) in [5.41, 5.74) is 5.97. The summed E-state index contributed by atoms with van der Waals surface area (Å²) in [6.45, 7) is 8.05. The van der Waals surface area contributed by atoms with Crippen LogP contribution in [0.4, 0.5) is 4.39 Å². The number of rotatable bonds is 4. The van der Waals surface area contributed by atoms with Gasteiger partial charge in [0.25, 0.3) is 0 Å². The van der Waals surface area contributed by atoms with Crippen molar-refractivity contribution in [3.63, 3.8) is 0 Å². The van der Waals surface area contributed by atoms with E-state index in [-0.39, 0.29) is 5.82 Å². The summed E-state index contributed by atoms with van der Waals surface area (Å²) >= 11 is 0. The van der Waals surface area contributed by atoms with Crippen molar-refractivity contribution in [1.82, 2.24) is 0 Å². The zero-order valence-corrected chi connectivity index (χ0v) is 13.5. The van der Waals surface area contributed by atoms with Crippen molar-refractivity contribution in [2.45, 2.75) is 59.0 Å². The van der Waals surface area contributed by atoms with Gasteiger partial charge >= 0.3 is 0 Å². The quantitative estimate of drug-likeness (QED) is 0.749. The molecule has 0 saturated carbocycles. The number of allylic oxidation sites excluding steroid dienone is 4. The zero-order chi connectivity index (χ0) is 15.6.